The molecule has 0 spiro atoms. The maximum atomic E-state index is 11.5. The third kappa shape index (κ3) is 1.44. The molecule has 16 heavy (non-hydrogen) atoms. The molecule has 3 aliphatic rings. The molecule has 0 aromatic carbocycles. The van der Waals surface area contributed by atoms with Crippen LogP contribution in [0.15, 0.2) is 12.2 Å². The zero-order valence-corrected chi connectivity index (χ0v) is 9.35. The Balaban J connectivity index is 1.80. The number of Topliss-reactive ketones (excluding diaryl/α,β-unsaturated/α-hetero) is 1. The Hall–Kier alpha value is -0.710. The molecule has 0 aromatic heterocycles. The van der Waals surface area contributed by atoms with E-state index in [9.17, 15) is 4.79 Å². The molecule has 0 radical (unpaired) electrons. The van der Waals surface area contributed by atoms with Gasteiger partial charge in [-0.2, -0.15) is 0 Å². The van der Waals surface area contributed by atoms with Crippen LogP contribution in [0.25, 0.3) is 0 Å². The largest absolute Gasteiger partial charge is 0.358 e. The molecule has 2 bridgehead atoms. The van der Waals surface area contributed by atoms with Gasteiger partial charge in [-0.05, 0) is 25.8 Å². The van der Waals surface area contributed by atoms with Gasteiger partial charge in [0.15, 0.2) is 6.29 Å². The molecule has 4 nitrogen and oxygen atoms in total. The van der Waals surface area contributed by atoms with Crippen LogP contribution in [-0.4, -0.2) is 37.0 Å². The highest BCUT2D eigenvalue weighted by Gasteiger charge is 2.55. The summed E-state index contributed by atoms with van der Waals surface area (Å²) in [5.41, 5.74) is -0.512. The zero-order chi connectivity index (χ0) is 11.2. The van der Waals surface area contributed by atoms with Gasteiger partial charge in [0.25, 0.3) is 0 Å². The highest BCUT2D eigenvalue weighted by Crippen LogP contribution is 2.46. The van der Waals surface area contributed by atoms with Crippen LogP contribution < -0.4 is 0 Å². The minimum absolute atomic E-state index is 0.0286. The van der Waals surface area contributed by atoms with Crippen LogP contribution in [0, 0.1) is 5.92 Å². The summed E-state index contributed by atoms with van der Waals surface area (Å²) in [6.45, 7) is 3.04. The Morgan fingerprint density at radius 2 is 2.12 bits per heavy atom. The molecule has 3 atom stereocenters. The number of fused-ring (bicyclic) bond motifs is 2. The van der Waals surface area contributed by atoms with Crippen molar-refractivity contribution in [3.63, 3.8) is 0 Å². The van der Waals surface area contributed by atoms with E-state index >= 15 is 0 Å². The maximum absolute atomic E-state index is 11.5. The summed E-state index contributed by atoms with van der Waals surface area (Å²) < 4.78 is 17.1. The molecule has 0 aromatic rings. The fourth-order valence-corrected chi connectivity index (χ4v) is 2.76. The van der Waals surface area contributed by atoms with E-state index in [1.54, 1.807) is 6.92 Å². The number of rotatable bonds is 2. The van der Waals surface area contributed by atoms with Crippen molar-refractivity contribution in [2.24, 2.45) is 5.92 Å². The van der Waals surface area contributed by atoms with E-state index in [-0.39, 0.29) is 24.1 Å². The van der Waals surface area contributed by atoms with Gasteiger partial charge in [-0.3, -0.25) is 4.79 Å². The van der Waals surface area contributed by atoms with Crippen molar-refractivity contribution in [3.05, 3.63) is 12.2 Å². The maximum Gasteiger partial charge on any atom is 0.190 e. The first kappa shape index (κ1) is 10.4. The Bertz CT molecular complexity index is 332. The molecule has 0 aliphatic carbocycles. The third-order valence-electron chi connectivity index (χ3n) is 3.61. The molecule has 3 heterocycles. The van der Waals surface area contributed by atoms with Crippen molar-refractivity contribution in [1.29, 1.82) is 0 Å². The fourth-order valence-electron chi connectivity index (χ4n) is 2.76. The van der Waals surface area contributed by atoms with E-state index in [0.29, 0.717) is 19.6 Å². The summed E-state index contributed by atoms with van der Waals surface area (Å²) in [7, 11) is 0. The second-order valence-electron chi connectivity index (χ2n) is 4.74. The smallest absolute Gasteiger partial charge is 0.190 e. The number of ether oxygens (including phenoxy) is 3. The highest BCUT2D eigenvalue weighted by atomic mass is 16.7. The van der Waals surface area contributed by atoms with Crippen molar-refractivity contribution < 1.29 is 19.0 Å². The summed E-state index contributed by atoms with van der Waals surface area (Å²) >= 11 is 0. The number of carbonyl (C=O) groups is 1. The second kappa shape index (κ2) is 3.65. The van der Waals surface area contributed by atoms with Crippen molar-refractivity contribution in [3.8, 4) is 0 Å². The molecule has 2 saturated heterocycles. The van der Waals surface area contributed by atoms with Gasteiger partial charge in [-0.25, -0.2) is 0 Å². The van der Waals surface area contributed by atoms with Crippen molar-refractivity contribution in [2.75, 3.05) is 13.2 Å². The van der Waals surface area contributed by atoms with Crippen LogP contribution >= 0.6 is 0 Å². The summed E-state index contributed by atoms with van der Waals surface area (Å²) in [5.74, 6) is 0.158. The van der Waals surface area contributed by atoms with Gasteiger partial charge in [0.2, 0.25) is 0 Å². The quantitative estimate of drug-likeness (QED) is 0.658. The number of hydrogen-bond acceptors (Lipinski definition) is 4. The average molecular weight is 224 g/mol. The van der Waals surface area contributed by atoms with Crippen molar-refractivity contribution in [1.82, 2.24) is 0 Å². The standard InChI is InChI=1S/C12H16O4/c1-8(13)9-7-12(4-3-10(9)16-12)11-14-5-2-6-15-11/h3-4,9-11H,2,5-7H2,1H3. The predicted octanol–water partition coefficient (Wildman–Crippen LogP) is 1.05. The molecule has 0 saturated carbocycles. The molecule has 0 amide bonds. The first-order valence-corrected chi connectivity index (χ1v) is 5.82. The van der Waals surface area contributed by atoms with Crippen LogP contribution in [0.4, 0.5) is 0 Å². The van der Waals surface area contributed by atoms with E-state index < -0.39 is 5.60 Å². The second-order valence-corrected chi connectivity index (χ2v) is 4.74. The van der Waals surface area contributed by atoms with Gasteiger partial charge >= 0.3 is 0 Å². The van der Waals surface area contributed by atoms with Gasteiger partial charge < -0.3 is 14.2 Å². The van der Waals surface area contributed by atoms with Gasteiger partial charge in [-0.1, -0.05) is 6.08 Å². The number of ketones is 1. The highest BCUT2D eigenvalue weighted by molar-refractivity contribution is 5.80. The summed E-state index contributed by atoms with van der Waals surface area (Å²) in [6.07, 6.45) is 5.17. The van der Waals surface area contributed by atoms with Gasteiger partial charge in [0.1, 0.15) is 11.4 Å². The Morgan fingerprint density at radius 1 is 1.38 bits per heavy atom. The van der Waals surface area contributed by atoms with Crippen LogP contribution in [0.3, 0.4) is 0 Å². The van der Waals surface area contributed by atoms with E-state index in [2.05, 4.69) is 0 Å². The Labute approximate surface area is 94.5 Å². The summed E-state index contributed by atoms with van der Waals surface area (Å²) in [4.78, 5) is 11.5. The molecular weight excluding hydrogens is 208 g/mol. The number of hydrogen-bond donors (Lipinski definition) is 0. The van der Waals surface area contributed by atoms with Gasteiger partial charge in [0, 0.05) is 0 Å². The fraction of sp³-hybridized carbons (Fsp3) is 0.750. The first-order valence-electron chi connectivity index (χ1n) is 5.82. The van der Waals surface area contributed by atoms with Gasteiger partial charge in [0.05, 0.1) is 25.2 Å². The minimum Gasteiger partial charge on any atom is -0.358 e. The molecule has 0 N–H and O–H groups in total. The summed E-state index contributed by atoms with van der Waals surface area (Å²) in [5, 5.41) is 0. The van der Waals surface area contributed by atoms with Crippen LogP contribution in [0.5, 0.6) is 0 Å². The normalized spacial score (nSPS) is 42.8. The average Bonchev–Trinajstić information content (AvgIpc) is 2.89. The van der Waals surface area contributed by atoms with E-state index in [4.69, 9.17) is 14.2 Å². The van der Waals surface area contributed by atoms with E-state index in [0.717, 1.165) is 6.42 Å². The zero-order valence-electron chi connectivity index (χ0n) is 9.35. The Kier molecular flexibility index (Phi) is 2.38. The van der Waals surface area contributed by atoms with Crippen molar-refractivity contribution >= 4 is 5.78 Å². The molecule has 88 valence electrons. The topological polar surface area (TPSA) is 44.8 Å². The molecule has 4 heteroatoms. The van der Waals surface area contributed by atoms with Crippen molar-refractivity contribution in [2.45, 2.75) is 37.8 Å². The molecule has 2 fully saturated rings. The van der Waals surface area contributed by atoms with Crippen LogP contribution in [0.1, 0.15) is 19.8 Å². The molecular formula is C12H16O4. The SMILES string of the molecule is CC(=O)C1CC2(C3OCCCO3)C=CC1O2. The monoisotopic (exact) mass is 224 g/mol. The molecule has 3 rings (SSSR count). The first-order chi connectivity index (χ1) is 7.71. The van der Waals surface area contributed by atoms with Crippen LogP contribution in [0.2, 0.25) is 0 Å². The lowest BCUT2D eigenvalue weighted by atomic mass is 9.84. The van der Waals surface area contributed by atoms with E-state index in [1.165, 1.54) is 0 Å². The lowest BCUT2D eigenvalue weighted by Gasteiger charge is -2.35. The van der Waals surface area contributed by atoms with Gasteiger partial charge in [-0.15, -0.1) is 0 Å². The van der Waals surface area contributed by atoms with E-state index in [1.807, 2.05) is 12.2 Å². The predicted molar refractivity (Wildman–Crippen MR) is 55.8 cm³/mol. The lowest BCUT2D eigenvalue weighted by Crippen LogP contribution is -2.45. The summed E-state index contributed by atoms with van der Waals surface area (Å²) in [6, 6.07) is 0. The minimum atomic E-state index is -0.512. The van der Waals surface area contributed by atoms with Crippen LogP contribution in [-0.2, 0) is 19.0 Å². The molecule has 3 unspecified atom stereocenters. The number of carbonyl (C=O) groups excluding carboxylic acids is 1. The third-order valence-corrected chi connectivity index (χ3v) is 3.61. The lowest BCUT2D eigenvalue weighted by molar-refractivity contribution is -0.248. The Morgan fingerprint density at radius 3 is 2.75 bits per heavy atom. The molecule has 3 aliphatic heterocycles.